The second-order valence-corrected chi connectivity index (χ2v) is 8.26. The molecule has 1 unspecified atom stereocenters. The minimum atomic E-state index is -0.320. The van der Waals surface area contributed by atoms with Crippen LogP contribution < -0.4 is 9.64 Å². The van der Waals surface area contributed by atoms with Gasteiger partial charge < -0.3 is 9.47 Å². The fraction of sp³-hybridized carbons (Fsp3) is 0.652. The molecule has 1 saturated heterocycles. The number of carbonyl (C=O) groups is 2. The van der Waals surface area contributed by atoms with Gasteiger partial charge in [0.1, 0.15) is 11.9 Å². The molecule has 154 valence electrons. The van der Waals surface area contributed by atoms with Gasteiger partial charge in [0.2, 0.25) is 0 Å². The average Bonchev–Trinajstić information content (AvgIpc) is 2.69. The smallest absolute Gasteiger partial charge is 0.414 e. The maximum Gasteiger partial charge on any atom is 0.414 e. The number of benzene rings is 1. The molecule has 1 aliphatic carbocycles. The molecular weight excluding hydrogens is 354 g/mol. The highest BCUT2D eigenvalue weighted by molar-refractivity contribution is 5.88. The van der Waals surface area contributed by atoms with Crippen LogP contribution in [0.4, 0.5) is 10.5 Å². The third-order valence-electron chi connectivity index (χ3n) is 6.04. The van der Waals surface area contributed by atoms with Gasteiger partial charge in [-0.1, -0.05) is 32.6 Å². The third-order valence-corrected chi connectivity index (χ3v) is 6.04. The summed E-state index contributed by atoms with van der Waals surface area (Å²) in [7, 11) is 0. The molecule has 0 radical (unpaired) electrons. The molecule has 0 bridgehead atoms. The van der Waals surface area contributed by atoms with Crippen LogP contribution in [0.25, 0.3) is 0 Å². The quantitative estimate of drug-likeness (QED) is 0.341. The van der Waals surface area contributed by atoms with E-state index in [0.717, 1.165) is 43.7 Å². The SMILES string of the molecule is CCCCCC1CCC(C(=O)Oc2ccc(N3CCC(C)OC3=O)cc2)CC1. The van der Waals surface area contributed by atoms with E-state index in [-0.39, 0.29) is 24.1 Å². The first-order chi connectivity index (χ1) is 13.6. The summed E-state index contributed by atoms with van der Waals surface area (Å²) in [5.74, 6) is 1.21. The molecular formula is C23H33NO4. The van der Waals surface area contributed by atoms with Crippen LogP contribution in [-0.2, 0) is 9.53 Å². The van der Waals surface area contributed by atoms with E-state index in [1.807, 2.05) is 19.1 Å². The van der Waals surface area contributed by atoms with Crippen molar-refractivity contribution < 1.29 is 19.1 Å². The van der Waals surface area contributed by atoms with Crippen molar-refractivity contribution >= 4 is 17.7 Å². The predicted octanol–water partition coefficient (Wildman–Crippen LogP) is 5.71. The first-order valence-electron chi connectivity index (χ1n) is 10.9. The average molecular weight is 388 g/mol. The minimum Gasteiger partial charge on any atom is -0.446 e. The summed E-state index contributed by atoms with van der Waals surface area (Å²) >= 11 is 0. The van der Waals surface area contributed by atoms with E-state index < -0.39 is 0 Å². The van der Waals surface area contributed by atoms with E-state index in [1.165, 1.54) is 25.7 Å². The maximum absolute atomic E-state index is 12.5. The van der Waals surface area contributed by atoms with E-state index in [1.54, 1.807) is 17.0 Å². The minimum absolute atomic E-state index is 0.0145. The van der Waals surface area contributed by atoms with Crippen LogP contribution in [0.3, 0.4) is 0 Å². The Hall–Kier alpha value is -2.04. The Kier molecular flexibility index (Phi) is 7.35. The molecule has 1 saturated carbocycles. The molecule has 3 rings (SSSR count). The summed E-state index contributed by atoms with van der Waals surface area (Å²) in [4.78, 5) is 26.1. The third kappa shape index (κ3) is 5.49. The van der Waals surface area contributed by atoms with Gasteiger partial charge in [-0.3, -0.25) is 9.69 Å². The molecule has 1 aromatic rings. The number of ether oxygens (including phenoxy) is 2. The van der Waals surface area contributed by atoms with E-state index in [2.05, 4.69) is 6.92 Å². The van der Waals surface area contributed by atoms with Gasteiger partial charge in [0, 0.05) is 18.7 Å². The number of hydrogen-bond donors (Lipinski definition) is 0. The summed E-state index contributed by atoms with van der Waals surface area (Å²) in [5.41, 5.74) is 0.768. The van der Waals surface area contributed by atoms with Crippen molar-refractivity contribution in [1.29, 1.82) is 0 Å². The second kappa shape index (κ2) is 9.94. The Morgan fingerprint density at radius 1 is 1.11 bits per heavy atom. The van der Waals surface area contributed by atoms with Gasteiger partial charge in [0.25, 0.3) is 0 Å². The highest BCUT2D eigenvalue weighted by Crippen LogP contribution is 2.33. The second-order valence-electron chi connectivity index (χ2n) is 8.26. The molecule has 0 aromatic heterocycles. The summed E-state index contributed by atoms with van der Waals surface area (Å²) in [6.45, 7) is 4.77. The number of amides is 1. The van der Waals surface area contributed by atoms with Gasteiger partial charge in [-0.25, -0.2) is 4.79 Å². The Labute approximate surface area is 168 Å². The predicted molar refractivity (Wildman–Crippen MR) is 110 cm³/mol. The first kappa shape index (κ1) is 20.7. The number of unbranched alkanes of at least 4 members (excludes halogenated alkanes) is 2. The van der Waals surface area contributed by atoms with Crippen molar-refractivity contribution in [3.05, 3.63) is 24.3 Å². The zero-order valence-electron chi connectivity index (χ0n) is 17.2. The molecule has 28 heavy (non-hydrogen) atoms. The van der Waals surface area contributed by atoms with Crippen LogP contribution in [0.1, 0.15) is 71.6 Å². The normalized spacial score (nSPS) is 25.3. The van der Waals surface area contributed by atoms with Gasteiger partial charge in [0.05, 0.1) is 5.92 Å². The molecule has 1 atom stereocenters. The van der Waals surface area contributed by atoms with Gasteiger partial charge in [0.15, 0.2) is 0 Å². The van der Waals surface area contributed by atoms with Crippen LogP contribution in [0.5, 0.6) is 5.75 Å². The molecule has 5 nitrogen and oxygen atoms in total. The van der Waals surface area contributed by atoms with Crippen molar-refractivity contribution in [3.8, 4) is 5.75 Å². The Morgan fingerprint density at radius 3 is 2.46 bits per heavy atom. The molecule has 0 spiro atoms. The summed E-state index contributed by atoms with van der Waals surface area (Å²) in [5, 5.41) is 0. The number of cyclic esters (lactones) is 1. The molecule has 1 amide bonds. The highest BCUT2D eigenvalue weighted by atomic mass is 16.6. The fourth-order valence-corrected chi connectivity index (χ4v) is 4.19. The lowest BCUT2D eigenvalue weighted by Gasteiger charge is -2.30. The van der Waals surface area contributed by atoms with Crippen LogP contribution in [0.15, 0.2) is 24.3 Å². The van der Waals surface area contributed by atoms with Crippen molar-refractivity contribution in [2.45, 2.75) is 77.7 Å². The van der Waals surface area contributed by atoms with Gasteiger partial charge in [-0.15, -0.1) is 0 Å². The molecule has 1 heterocycles. The summed E-state index contributed by atoms with van der Waals surface area (Å²) in [6.07, 6.45) is 9.78. The standard InChI is InChI=1S/C23H33NO4/c1-3-4-5-6-18-7-9-19(10-8-18)22(25)28-21-13-11-20(12-14-21)24-16-15-17(2)27-23(24)26/h11-14,17-19H,3-10,15-16H2,1-2H3. The van der Waals surface area contributed by atoms with Gasteiger partial charge >= 0.3 is 12.1 Å². The van der Waals surface area contributed by atoms with E-state index in [9.17, 15) is 9.59 Å². The van der Waals surface area contributed by atoms with E-state index in [0.29, 0.717) is 12.3 Å². The topological polar surface area (TPSA) is 55.8 Å². The number of carbonyl (C=O) groups excluding carboxylic acids is 2. The van der Waals surface area contributed by atoms with Crippen LogP contribution in [0, 0.1) is 11.8 Å². The lowest BCUT2D eigenvalue weighted by atomic mass is 9.80. The molecule has 1 aromatic carbocycles. The highest BCUT2D eigenvalue weighted by Gasteiger charge is 2.28. The zero-order chi connectivity index (χ0) is 19.9. The summed E-state index contributed by atoms with van der Waals surface area (Å²) < 4.78 is 10.9. The van der Waals surface area contributed by atoms with Crippen LogP contribution in [0.2, 0.25) is 0 Å². The maximum atomic E-state index is 12.5. The molecule has 2 aliphatic rings. The fourth-order valence-electron chi connectivity index (χ4n) is 4.19. The molecule has 1 aliphatic heterocycles. The summed E-state index contributed by atoms with van der Waals surface area (Å²) in [6, 6.07) is 7.14. The number of anilines is 1. The first-order valence-corrected chi connectivity index (χ1v) is 10.9. The van der Waals surface area contributed by atoms with Crippen molar-refractivity contribution in [3.63, 3.8) is 0 Å². The van der Waals surface area contributed by atoms with Gasteiger partial charge in [-0.2, -0.15) is 0 Å². The molecule has 5 heteroatoms. The van der Waals surface area contributed by atoms with Crippen LogP contribution >= 0.6 is 0 Å². The lowest BCUT2D eigenvalue weighted by molar-refractivity contribution is -0.140. The number of nitrogens with zero attached hydrogens (tertiary/aromatic N) is 1. The number of esters is 1. The largest absolute Gasteiger partial charge is 0.446 e. The van der Waals surface area contributed by atoms with Crippen molar-refractivity contribution in [2.75, 3.05) is 11.4 Å². The number of rotatable bonds is 7. The Morgan fingerprint density at radius 2 is 1.82 bits per heavy atom. The Bertz CT molecular complexity index is 649. The zero-order valence-corrected chi connectivity index (χ0v) is 17.2. The monoisotopic (exact) mass is 387 g/mol. The van der Waals surface area contributed by atoms with E-state index >= 15 is 0 Å². The molecule has 2 fully saturated rings. The lowest BCUT2D eigenvalue weighted by Crippen LogP contribution is -2.41. The Balaban J connectivity index is 1.47. The molecule has 0 N–H and O–H groups in total. The van der Waals surface area contributed by atoms with Crippen molar-refractivity contribution in [2.24, 2.45) is 11.8 Å². The van der Waals surface area contributed by atoms with E-state index in [4.69, 9.17) is 9.47 Å². The van der Waals surface area contributed by atoms with Gasteiger partial charge in [-0.05, 0) is 62.8 Å². The van der Waals surface area contributed by atoms with Crippen LogP contribution in [-0.4, -0.2) is 24.7 Å². The van der Waals surface area contributed by atoms with Crippen molar-refractivity contribution in [1.82, 2.24) is 0 Å². The number of hydrogen-bond acceptors (Lipinski definition) is 4.